The van der Waals surface area contributed by atoms with Crippen LogP contribution in [0.1, 0.15) is 11.1 Å². The fraction of sp³-hybridized carbons (Fsp3) is 0.130. The molecule has 0 aromatic heterocycles. The van der Waals surface area contributed by atoms with Crippen LogP contribution in [0.25, 0.3) is 0 Å². The van der Waals surface area contributed by atoms with E-state index in [0.29, 0.717) is 23.5 Å². The Morgan fingerprint density at radius 3 is 2.23 bits per heavy atom. The van der Waals surface area contributed by atoms with Gasteiger partial charge in [-0.3, -0.25) is 10.2 Å². The minimum absolute atomic E-state index is 0.149. The molecule has 1 amide bonds. The summed E-state index contributed by atoms with van der Waals surface area (Å²) >= 11 is 1.61. The number of hydrogen-bond donors (Lipinski definition) is 3. The van der Waals surface area contributed by atoms with Gasteiger partial charge in [0.25, 0.3) is 5.91 Å². The molecule has 0 unspecified atom stereocenters. The lowest BCUT2D eigenvalue weighted by atomic mass is 10.1. The van der Waals surface area contributed by atoms with E-state index < -0.39 is 15.7 Å². The van der Waals surface area contributed by atoms with E-state index in [1.54, 1.807) is 66.4 Å². The minimum atomic E-state index is -3.24. The lowest BCUT2D eigenvalue weighted by Crippen LogP contribution is -2.24. The second-order valence-corrected chi connectivity index (χ2v) is 9.77. The van der Waals surface area contributed by atoms with Gasteiger partial charge in [0.2, 0.25) is 0 Å². The molecule has 0 aliphatic rings. The van der Waals surface area contributed by atoms with Gasteiger partial charge in [-0.15, -0.1) is 11.8 Å². The average Bonchev–Trinajstić information content (AvgIpc) is 2.77. The molecule has 0 atom stereocenters. The van der Waals surface area contributed by atoms with E-state index in [1.807, 2.05) is 24.5 Å². The first-order valence-corrected chi connectivity index (χ1v) is 12.6. The number of amides is 1. The maximum Gasteiger partial charge on any atom is 0.274 e. The summed E-state index contributed by atoms with van der Waals surface area (Å²) in [6.07, 6.45) is 3.15. The van der Waals surface area contributed by atoms with Crippen LogP contribution in [-0.4, -0.2) is 32.5 Å². The van der Waals surface area contributed by atoms with Crippen molar-refractivity contribution in [1.29, 1.82) is 5.41 Å². The van der Waals surface area contributed by atoms with Gasteiger partial charge in [-0.05, 0) is 54.3 Å². The predicted octanol–water partition coefficient (Wildman–Crippen LogP) is 4.43. The standard InChI is InChI=1S/C23H23N3O3S2/c1-30-18-11-9-17(10-12-18)26-23(27)22(24)20-5-3-4-6-21(20)25-15-16-7-13-19(14-8-16)31(2,28)29/h3-14,24-25H,15H2,1-2H3,(H,26,27). The van der Waals surface area contributed by atoms with Crippen LogP contribution in [0.5, 0.6) is 0 Å². The normalized spacial score (nSPS) is 11.0. The number of carbonyl (C=O) groups is 1. The average molecular weight is 454 g/mol. The number of para-hydroxylation sites is 1. The van der Waals surface area contributed by atoms with Gasteiger partial charge in [-0.2, -0.15) is 0 Å². The number of benzene rings is 3. The van der Waals surface area contributed by atoms with Crippen molar-refractivity contribution in [2.45, 2.75) is 16.3 Å². The summed E-state index contributed by atoms with van der Waals surface area (Å²) in [4.78, 5) is 14.0. The zero-order chi connectivity index (χ0) is 22.4. The summed E-state index contributed by atoms with van der Waals surface area (Å²) in [7, 11) is -3.24. The first-order chi connectivity index (χ1) is 14.8. The third-order valence-corrected chi connectivity index (χ3v) is 6.48. The van der Waals surface area contributed by atoms with Crippen molar-refractivity contribution in [1.82, 2.24) is 0 Å². The van der Waals surface area contributed by atoms with Crippen LogP contribution in [0.2, 0.25) is 0 Å². The van der Waals surface area contributed by atoms with Gasteiger partial charge in [-0.25, -0.2) is 8.42 Å². The molecule has 0 saturated heterocycles. The topological polar surface area (TPSA) is 99.1 Å². The molecule has 0 fully saturated rings. The van der Waals surface area contributed by atoms with E-state index in [9.17, 15) is 13.2 Å². The summed E-state index contributed by atoms with van der Waals surface area (Å²) in [5.41, 5.74) is 2.49. The molecule has 160 valence electrons. The second kappa shape index (κ2) is 9.80. The Bertz CT molecular complexity index is 1190. The fourth-order valence-electron chi connectivity index (χ4n) is 2.90. The number of nitrogens with one attached hydrogen (secondary N) is 3. The van der Waals surface area contributed by atoms with Crippen LogP contribution < -0.4 is 10.6 Å². The summed E-state index contributed by atoms with van der Waals surface area (Å²) in [5, 5.41) is 14.3. The molecule has 0 spiro atoms. The van der Waals surface area contributed by atoms with Gasteiger partial charge < -0.3 is 10.6 Å². The van der Waals surface area contributed by atoms with Gasteiger partial charge in [0, 0.05) is 34.6 Å². The molecule has 3 N–H and O–H groups in total. The number of rotatable bonds is 8. The Morgan fingerprint density at radius 2 is 1.61 bits per heavy atom. The molecular weight excluding hydrogens is 430 g/mol. The SMILES string of the molecule is CSc1ccc(NC(=O)C(=N)c2ccccc2NCc2ccc(S(C)(=O)=O)cc2)cc1. The maximum atomic E-state index is 12.6. The van der Waals surface area contributed by atoms with Crippen molar-refractivity contribution in [3.8, 4) is 0 Å². The summed E-state index contributed by atoms with van der Waals surface area (Å²) in [6.45, 7) is 0.423. The highest BCUT2D eigenvalue weighted by Gasteiger charge is 2.16. The lowest BCUT2D eigenvalue weighted by Gasteiger charge is -2.13. The zero-order valence-electron chi connectivity index (χ0n) is 17.2. The predicted molar refractivity (Wildman–Crippen MR) is 127 cm³/mol. The van der Waals surface area contributed by atoms with Gasteiger partial charge in [0.15, 0.2) is 9.84 Å². The molecule has 3 aromatic carbocycles. The smallest absolute Gasteiger partial charge is 0.274 e. The summed E-state index contributed by atoms with van der Waals surface area (Å²) < 4.78 is 23.2. The van der Waals surface area contributed by atoms with Crippen molar-refractivity contribution in [2.24, 2.45) is 0 Å². The van der Waals surface area contributed by atoms with Crippen molar-refractivity contribution in [3.63, 3.8) is 0 Å². The quantitative estimate of drug-likeness (QED) is 0.346. The molecule has 0 heterocycles. The molecule has 0 saturated carbocycles. The first kappa shape index (κ1) is 22.6. The van der Waals surface area contributed by atoms with Crippen LogP contribution in [0.15, 0.2) is 82.6 Å². The van der Waals surface area contributed by atoms with E-state index in [2.05, 4.69) is 10.6 Å². The molecule has 0 bridgehead atoms. The van der Waals surface area contributed by atoms with Crippen LogP contribution in [0.4, 0.5) is 11.4 Å². The van der Waals surface area contributed by atoms with Crippen molar-refractivity contribution in [2.75, 3.05) is 23.1 Å². The molecule has 6 nitrogen and oxygen atoms in total. The van der Waals surface area contributed by atoms with Crippen molar-refractivity contribution < 1.29 is 13.2 Å². The third kappa shape index (κ3) is 5.96. The van der Waals surface area contributed by atoms with Gasteiger partial charge in [-0.1, -0.05) is 30.3 Å². The number of anilines is 2. The Kier molecular flexibility index (Phi) is 7.14. The number of hydrogen-bond acceptors (Lipinski definition) is 6. The van der Waals surface area contributed by atoms with Crippen molar-refractivity contribution >= 4 is 44.6 Å². The molecule has 0 radical (unpaired) electrons. The molecule has 0 aliphatic carbocycles. The summed E-state index contributed by atoms with van der Waals surface area (Å²) in [5.74, 6) is -0.497. The maximum absolute atomic E-state index is 12.6. The molecule has 3 aromatic rings. The third-order valence-electron chi connectivity index (χ3n) is 4.61. The highest BCUT2D eigenvalue weighted by Crippen LogP contribution is 2.20. The Balaban J connectivity index is 1.70. The monoisotopic (exact) mass is 453 g/mol. The van der Waals surface area contributed by atoms with Gasteiger partial charge in [0.05, 0.1) is 4.90 Å². The van der Waals surface area contributed by atoms with Gasteiger partial charge >= 0.3 is 0 Å². The molecule has 31 heavy (non-hydrogen) atoms. The van der Waals surface area contributed by atoms with Crippen LogP contribution >= 0.6 is 11.8 Å². The molecule has 8 heteroatoms. The lowest BCUT2D eigenvalue weighted by molar-refractivity contribution is -0.110. The minimum Gasteiger partial charge on any atom is -0.380 e. The Labute approximate surface area is 186 Å². The highest BCUT2D eigenvalue weighted by atomic mass is 32.2. The Morgan fingerprint density at radius 1 is 0.968 bits per heavy atom. The fourth-order valence-corrected chi connectivity index (χ4v) is 3.94. The number of thioether (sulfide) groups is 1. The second-order valence-electron chi connectivity index (χ2n) is 6.87. The Hall–Kier alpha value is -3.10. The van der Waals surface area contributed by atoms with E-state index >= 15 is 0 Å². The van der Waals surface area contributed by atoms with E-state index in [4.69, 9.17) is 5.41 Å². The van der Waals surface area contributed by atoms with E-state index in [-0.39, 0.29) is 10.6 Å². The number of carbonyl (C=O) groups excluding carboxylic acids is 1. The van der Waals surface area contributed by atoms with Crippen LogP contribution in [-0.2, 0) is 21.2 Å². The van der Waals surface area contributed by atoms with Crippen molar-refractivity contribution in [3.05, 3.63) is 83.9 Å². The highest BCUT2D eigenvalue weighted by molar-refractivity contribution is 7.98. The molecular formula is C23H23N3O3S2. The van der Waals surface area contributed by atoms with E-state index in [0.717, 1.165) is 10.5 Å². The molecule has 3 rings (SSSR count). The molecule has 0 aliphatic heterocycles. The number of sulfone groups is 1. The largest absolute Gasteiger partial charge is 0.380 e. The van der Waals surface area contributed by atoms with Crippen LogP contribution in [0.3, 0.4) is 0 Å². The van der Waals surface area contributed by atoms with E-state index in [1.165, 1.54) is 6.26 Å². The first-order valence-electron chi connectivity index (χ1n) is 9.44. The zero-order valence-corrected chi connectivity index (χ0v) is 18.8. The summed E-state index contributed by atoms with van der Waals surface area (Å²) in [6, 6.07) is 21.2. The van der Waals surface area contributed by atoms with Crippen LogP contribution in [0, 0.1) is 5.41 Å². The van der Waals surface area contributed by atoms with Gasteiger partial charge in [0.1, 0.15) is 5.71 Å².